The molecule has 0 bridgehead atoms. The number of aromatic amines is 1. The molecule has 0 aliphatic rings. The molecule has 1 atom stereocenters. The summed E-state index contributed by atoms with van der Waals surface area (Å²) < 4.78 is 11.4. The second-order valence-corrected chi connectivity index (χ2v) is 5.41. The van der Waals surface area contributed by atoms with Crippen molar-refractivity contribution in [1.82, 2.24) is 20.3 Å². The summed E-state index contributed by atoms with van der Waals surface area (Å²) in [6, 6.07) is 3.58. The van der Waals surface area contributed by atoms with E-state index in [1.165, 1.54) is 0 Å². The first-order chi connectivity index (χ1) is 9.56. The average Bonchev–Trinajstić information content (AvgIpc) is 3.10. The minimum atomic E-state index is -0.0200. The molecule has 7 heteroatoms. The van der Waals surface area contributed by atoms with Gasteiger partial charge in [0.15, 0.2) is 10.4 Å². The molecule has 1 unspecified atom stereocenters. The molecular weight excluding hydrogens is 324 g/mol. The van der Waals surface area contributed by atoms with Crippen LogP contribution in [-0.2, 0) is 0 Å². The molecule has 0 aliphatic carbocycles. The Hall–Kier alpha value is -1.89. The summed E-state index contributed by atoms with van der Waals surface area (Å²) in [7, 11) is 0. The molecule has 20 heavy (non-hydrogen) atoms. The highest BCUT2D eigenvalue weighted by Crippen LogP contribution is 2.29. The highest BCUT2D eigenvalue weighted by molar-refractivity contribution is 9.10. The summed E-state index contributed by atoms with van der Waals surface area (Å²) in [4.78, 5) is 4.40. The van der Waals surface area contributed by atoms with Gasteiger partial charge in [0.2, 0.25) is 11.7 Å². The van der Waals surface area contributed by atoms with E-state index in [1.54, 1.807) is 12.1 Å². The van der Waals surface area contributed by atoms with Crippen LogP contribution < -0.4 is 0 Å². The van der Waals surface area contributed by atoms with Crippen LogP contribution in [0.4, 0.5) is 0 Å². The van der Waals surface area contributed by atoms with Crippen LogP contribution in [0.5, 0.6) is 0 Å². The normalized spacial score (nSPS) is 12.8. The first kappa shape index (κ1) is 13.1. The molecule has 0 saturated carbocycles. The Balaban J connectivity index is 1.94. The van der Waals surface area contributed by atoms with Crippen molar-refractivity contribution in [2.45, 2.75) is 26.7 Å². The third kappa shape index (κ3) is 2.18. The van der Waals surface area contributed by atoms with E-state index in [2.05, 4.69) is 36.3 Å². The Morgan fingerprint density at radius 1 is 1.30 bits per heavy atom. The summed E-state index contributed by atoms with van der Waals surface area (Å²) >= 11 is 3.25. The van der Waals surface area contributed by atoms with Gasteiger partial charge in [0.05, 0.1) is 11.6 Å². The largest absolute Gasteiger partial charge is 0.446 e. The third-order valence-electron chi connectivity index (χ3n) is 3.22. The van der Waals surface area contributed by atoms with Crippen LogP contribution in [0, 0.1) is 13.8 Å². The second kappa shape index (κ2) is 4.90. The lowest BCUT2D eigenvalue weighted by Crippen LogP contribution is -1.99. The van der Waals surface area contributed by atoms with Crippen molar-refractivity contribution >= 4 is 15.9 Å². The lowest BCUT2D eigenvalue weighted by atomic mass is 9.99. The summed E-state index contributed by atoms with van der Waals surface area (Å²) in [5, 5.41) is 11.1. The van der Waals surface area contributed by atoms with Crippen LogP contribution >= 0.6 is 15.9 Å². The highest BCUT2D eigenvalue weighted by atomic mass is 79.9. The number of H-pyrrole nitrogens is 1. The Labute approximate surface area is 123 Å². The number of nitrogens with one attached hydrogen (secondary N) is 1. The Kier molecular flexibility index (Phi) is 3.21. The zero-order valence-corrected chi connectivity index (χ0v) is 12.9. The minimum Gasteiger partial charge on any atom is -0.446 e. The van der Waals surface area contributed by atoms with Gasteiger partial charge in [-0.3, -0.25) is 5.10 Å². The zero-order valence-electron chi connectivity index (χ0n) is 11.3. The van der Waals surface area contributed by atoms with E-state index >= 15 is 0 Å². The van der Waals surface area contributed by atoms with Gasteiger partial charge in [-0.25, -0.2) is 0 Å². The SMILES string of the molecule is Cc1n[nH]c(C)c1C(C)c1nc(-c2ccc(Br)o2)no1. The molecule has 6 nitrogen and oxygen atoms in total. The van der Waals surface area contributed by atoms with Gasteiger partial charge in [-0.05, 0) is 48.8 Å². The van der Waals surface area contributed by atoms with Crippen LogP contribution in [0.3, 0.4) is 0 Å². The topological polar surface area (TPSA) is 80.7 Å². The van der Waals surface area contributed by atoms with E-state index in [0.29, 0.717) is 22.1 Å². The van der Waals surface area contributed by atoms with E-state index in [0.717, 1.165) is 17.0 Å². The molecular formula is C13H13BrN4O2. The number of hydrogen-bond donors (Lipinski definition) is 1. The van der Waals surface area contributed by atoms with Crippen molar-refractivity contribution in [2.24, 2.45) is 0 Å². The lowest BCUT2D eigenvalue weighted by molar-refractivity contribution is 0.369. The molecule has 0 spiro atoms. The van der Waals surface area contributed by atoms with Gasteiger partial charge in [-0.15, -0.1) is 0 Å². The third-order valence-corrected chi connectivity index (χ3v) is 3.65. The molecule has 0 radical (unpaired) electrons. The fourth-order valence-corrected chi connectivity index (χ4v) is 2.57. The first-order valence-corrected chi connectivity index (χ1v) is 6.96. The van der Waals surface area contributed by atoms with Crippen LogP contribution in [-0.4, -0.2) is 20.3 Å². The van der Waals surface area contributed by atoms with Crippen LogP contribution in [0.15, 0.2) is 25.7 Å². The molecule has 0 aliphatic heterocycles. The van der Waals surface area contributed by atoms with E-state index in [-0.39, 0.29) is 5.92 Å². The maximum absolute atomic E-state index is 5.41. The lowest BCUT2D eigenvalue weighted by Gasteiger charge is -2.06. The molecule has 0 saturated heterocycles. The van der Waals surface area contributed by atoms with Crippen LogP contribution in [0.2, 0.25) is 0 Å². The Morgan fingerprint density at radius 3 is 2.70 bits per heavy atom. The van der Waals surface area contributed by atoms with Gasteiger partial charge in [0.25, 0.3) is 0 Å². The maximum Gasteiger partial charge on any atom is 0.238 e. The quantitative estimate of drug-likeness (QED) is 0.790. The maximum atomic E-state index is 5.41. The Bertz CT molecular complexity index is 724. The Morgan fingerprint density at radius 2 is 2.10 bits per heavy atom. The number of aromatic nitrogens is 4. The van der Waals surface area contributed by atoms with Crippen molar-refractivity contribution in [3.63, 3.8) is 0 Å². The van der Waals surface area contributed by atoms with E-state index in [9.17, 15) is 0 Å². The van der Waals surface area contributed by atoms with Crippen LogP contribution in [0.25, 0.3) is 11.6 Å². The zero-order chi connectivity index (χ0) is 14.3. The van der Waals surface area contributed by atoms with Crippen molar-refractivity contribution in [3.8, 4) is 11.6 Å². The smallest absolute Gasteiger partial charge is 0.238 e. The monoisotopic (exact) mass is 336 g/mol. The fraction of sp³-hybridized carbons (Fsp3) is 0.308. The van der Waals surface area contributed by atoms with Gasteiger partial charge in [0.1, 0.15) is 0 Å². The molecule has 0 aromatic carbocycles. The first-order valence-electron chi connectivity index (χ1n) is 6.17. The number of nitrogens with zero attached hydrogens (tertiary/aromatic N) is 3. The van der Waals surface area contributed by atoms with Gasteiger partial charge in [0, 0.05) is 11.3 Å². The average molecular weight is 337 g/mol. The number of aryl methyl sites for hydroxylation is 2. The number of hydrogen-bond acceptors (Lipinski definition) is 5. The molecule has 0 amide bonds. The number of halogens is 1. The summed E-state index contributed by atoms with van der Waals surface area (Å²) in [5.74, 6) is 1.53. The summed E-state index contributed by atoms with van der Waals surface area (Å²) in [6.07, 6.45) is 0. The molecule has 3 heterocycles. The standard InChI is InChI=1S/C13H13BrN4O2/c1-6(11-7(2)16-17-8(11)3)13-15-12(18-20-13)9-4-5-10(14)19-9/h4-6H,1-3H3,(H,16,17). The van der Waals surface area contributed by atoms with Crippen LogP contribution in [0.1, 0.15) is 35.7 Å². The molecule has 1 N–H and O–H groups in total. The van der Waals surface area contributed by atoms with Crippen molar-refractivity contribution in [1.29, 1.82) is 0 Å². The molecule has 3 aromatic heterocycles. The number of rotatable bonds is 3. The predicted molar refractivity (Wildman–Crippen MR) is 75.3 cm³/mol. The predicted octanol–water partition coefficient (Wildman–Crippen LogP) is 3.58. The van der Waals surface area contributed by atoms with Gasteiger partial charge in [-0.2, -0.15) is 10.1 Å². The summed E-state index contributed by atoms with van der Waals surface area (Å²) in [5.41, 5.74) is 3.03. The van der Waals surface area contributed by atoms with Crippen molar-refractivity contribution in [3.05, 3.63) is 39.6 Å². The second-order valence-electron chi connectivity index (χ2n) is 4.63. The minimum absolute atomic E-state index is 0.0200. The summed E-state index contributed by atoms with van der Waals surface area (Å²) in [6.45, 7) is 5.95. The van der Waals surface area contributed by atoms with E-state index in [4.69, 9.17) is 8.94 Å². The van der Waals surface area contributed by atoms with Crippen molar-refractivity contribution in [2.75, 3.05) is 0 Å². The van der Waals surface area contributed by atoms with Gasteiger partial charge < -0.3 is 8.94 Å². The number of furan rings is 1. The van der Waals surface area contributed by atoms with E-state index in [1.807, 2.05) is 20.8 Å². The molecule has 3 rings (SSSR count). The van der Waals surface area contributed by atoms with E-state index < -0.39 is 0 Å². The molecule has 0 fully saturated rings. The molecule has 3 aromatic rings. The van der Waals surface area contributed by atoms with Gasteiger partial charge >= 0.3 is 0 Å². The van der Waals surface area contributed by atoms with Crippen molar-refractivity contribution < 1.29 is 8.94 Å². The highest BCUT2D eigenvalue weighted by Gasteiger charge is 2.22. The molecule has 104 valence electrons. The van der Waals surface area contributed by atoms with Gasteiger partial charge in [-0.1, -0.05) is 5.16 Å². The fourth-order valence-electron chi connectivity index (χ4n) is 2.27.